The highest BCUT2D eigenvalue weighted by atomic mass is 16.5. The molecule has 5 heteroatoms. The Hall–Kier alpha value is -1.62. The third-order valence-electron chi connectivity index (χ3n) is 3.11. The number of nitrogens with one attached hydrogen (secondary N) is 1. The van der Waals surface area contributed by atoms with E-state index in [1.54, 1.807) is 18.2 Å². The van der Waals surface area contributed by atoms with Gasteiger partial charge in [0.1, 0.15) is 18.1 Å². The van der Waals surface area contributed by atoms with Crippen molar-refractivity contribution in [3.05, 3.63) is 23.9 Å². The third kappa shape index (κ3) is 3.70. The quantitative estimate of drug-likeness (QED) is 0.607. The topological polar surface area (TPSA) is 75.2 Å². The molecule has 0 bridgehead atoms. The number of amidine groups is 1. The Bertz CT molecular complexity index is 402. The summed E-state index contributed by atoms with van der Waals surface area (Å²) in [4.78, 5) is 6.58. The van der Waals surface area contributed by atoms with Gasteiger partial charge in [0, 0.05) is 12.6 Å². The molecule has 0 radical (unpaired) electrons. The number of hydrogen-bond acceptors (Lipinski definition) is 4. The lowest BCUT2D eigenvalue weighted by molar-refractivity contribution is 0.180. The predicted octanol–water partition coefficient (Wildman–Crippen LogP) is 1.23. The van der Waals surface area contributed by atoms with Gasteiger partial charge in [0.2, 0.25) is 5.88 Å². The minimum atomic E-state index is -0.0310. The zero-order chi connectivity index (χ0) is 12.8. The molecule has 1 aliphatic rings. The molecule has 3 N–H and O–H groups in total. The maximum Gasteiger partial charge on any atom is 0.213 e. The summed E-state index contributed by atoms with van der Waals surface area (Å²) in [6, 6.07) is 5.31. The smallest absolute Gasteiger partial charge is 0.213 e. The highest BCUT2D eigenvalue weighted by molar-refractivity contribution is 5.93. The van der Waals surface area contributed by atoms with Crippen LogP contribution < -0.4 is 10.5 Å². The number of likely N-dealkylation sites (tertiary alicyclic amines) is 1. The molecular formula is C13H20N4O. The highest BCUT2D eigenvalue weighted by Crippen LogP contribution is 2.10. The molecular weight excluding hydrogens is 228 g/mol. The minimum Gasteiger partial charge on any atom is -0.476 e. The van der Waals surface area contributed by atoms with Gasteiger partial charge in [-0.15, -0.1) is 0 Å². The molecule has 2 rings (SSSR count). The first-order valence-electron chi connectivity index (χ1n) is 6.42. The van der Waals surface area contributed by atoms with Gasteiger partial charge >= 0.3 is 0 Å². The summed E-state index contributed by atoms with van der Waals surface area (Å²) in [5.41, 5.74) is 5.85. The standard InChI is InChI=1S/C13H20N4O/c14-13(15)11-5-4-6-12(16-11)18-10-9-17-7-2-1-3-8-17/h4-6H,1-3,7-10H2,(H3,14,15). The lowest BCUT2D eigenvalue weighted by Crippen LogP contribution is -2.33. The van der Waals surface area contributed by atoms with E-state index in [2.05, 4.69) is 9.88 Å². The van der Waals surface area contributed by atoms with Crippen molar-refractivity contribution in [1.82, 2.24) is 9.88 Å². The predicted molar refractivity (Wildman–Crippen MR) is 71.0 cm³/mol. The number of pyridine rings is 1. The normalized spacial score (nSPS) is 16.4. The number of rotatable bonds is 5. The molecule has 0 atom stereocenters. The van der Waals surface area contributed by atoms with Crippen LogP contribution in [0.2, 0.25) is 0 Å². The summed E-state index contributed by atoms with van der Waals surface area (Å²) in [6.07, 6.45) is 3.93. The monoisotopic (exact) mass is 248 g/mol. The van der Waals surface area contributed by atoms with Crippen molar-refractivity contribution in [3.63, 3.8) is 0 Å². The molecule has 1 saturated heterocycles. The molecule has 0 aliphatic carbocycles. The second kappa shape index (κ2) is 6.35. The number of hydrogen-bond donors (Lipinski definition) is 2. The Morgan fingerprint density at radius 2 is 2.11 bits per heavy atom. The summed E-state index contributed by atoms with van der Waals surface area (Å²) >= 11 is 0. The minimum absolute atomic E-state index is 0.0310. The van der Waals surface area contributed by atoms with Gasteiger partial charge in [-0.1, -0.05) is 12.5 Å². The second-order valence-corrected chi connectivity index (χ2v) is 4.53. The molecule has 0 spiro atoms. The van der Waals surface area contributed by atoms with E-state index in [-0.39, 0.29) is 5.84 Å². The molecule has 0 amide bonds. The van der Waals surface area contributed by atoms with Crippen LogP contribution in [0.5, 0.6) is 5.88 Å². The summed E-state index contributed by atoms with van der Waals surface area (Å²) in [5, 5.41) is 7.32. The Kier molecular flexibility index (Phi) is 4.52. The molecule has 18 heavy (non-hydrogen) atoms. The molecule has 0 unspecified atom stereocenters. The van der Waals surface area contributed by atoms with E-state index < -0.39 is 0 Å². The number of ether oxygens (including phenoxy) is 1. The van der Waals surface area contributed by atoms with Crippen LogP contribution in [0, 0.1) is 5.41 Å². The van der Waals surface area contributed by atoms with E-state index >= 15 is 0 Å². The zero-order valence-electron chi connectivity index (χ0n) is 10.6. The summed E-state index contributed by atoms with van der Waals surface area (Å²) in [5.74, 6) is 0.510. The van der Waals surface area contributed by atoms with Crippen molar-refractivity contribution in [2.24, 2.45) is 5.73 Å². The zero-order valence-corrected chi connectivity index (χ0v) is 10.6. The van der Waals surface area contributed by atoms with Gasteiger partial charge in [-0.2, -0.15) is 0 Å². The molecule has 1 fully saturated rings. The van der Waals surface area contributed by atoms with Crippen LogP contribution in [0.1, 0.15) is 25.0 Å². The maximum absolute atomic E-state index is 7.32. The van der Waals surface area contributed by atoms with Gasteiger partial charge in [-0.05, 0) is 32.0 Å². The van der Waals surface area contributed by atoms with Crippen molar-refractivity contribution in [3.8, 4) is 5.88 Å². The van der Waals surface area contributed by atoms with Crippen LogP contribution in [-0.4, -0.2) is 42.0 Å². The Morgan fingerprint density at radius 3 is 2.83 bits per heavy atom. The van der Waals surface area contributed by atoms with Gasteiger partial charge in [0.15, 0.2) is 0 Å². The average Bonchev–Trinajstić information content (AvgIpc) is 2.40. The molecule has 0 aromatic carbocycles. The number of nitrogens with two attached hydrogens (primary N) is 1. The molecule has 0 saturated carbocycles. The fourth-order valence-corrected chi connectivity index (χ4v) is 2.11. The summed E-state index contributed by atoms with van der Waals surface area (Å²) < 4.78 is 5.59. The summed E-state index contributed by atoms with van der Waals surface area (Å²) in [7, 11) is 0. The molecule has 5 nitrogen and oxygen atoms in total. The second-order valence-electron chi connectivity index (χ2n) is 4.53. The van der Waals surface area contributed by atoms with Crippen molar-refractivity contribution >= 4 is 5.84 Å². The Morgan fingerprint density at radius 1 is 1.33 bits per heavy atom. The van der Waals surface area contributed by atoms with Gasteiger partial charge in [0.05, 0.1) is 0 Å². The largest absolute Gasteiger partial charge is 0.476 e. The number of nitrogen functional groups attached to an aromatic ring is 1. The van der Waals surface area contributed by atoms with Crippen molar-refractivity contribution < 1.29 is 4.74 Å². The first-order chi connectivity index (χ1) is 8.75. The van der Waals surface area contributed by atoms with Crippen LogP contribution in [0.3, 0.4) is 0 Å². The summed E-state index contributed by atoms with van der Waals surface area (Å²) in [6.45, 7) is 3.91. The number of nitrogens with zero attached hydrogens (tertiary/aromatic N) is 2. The Labute approximate surface area is 107 Å². The van der Waals surface area contributed by atoms with Gasteiger partial charge < -0.3 is 10.5 Å². The lowest BCUT2D eigenvalue weighted by Gasteiger charge is -2.26. The van der Waals surface area contributed by atoms with Gasteiger partial charge in [0.25, 0.3) is 0 Å². The fourth-order valence-electron chi connectivity index (χ4n) is 2.11. The third-order valence-corrected chi connectivity index (χ3v) is 3.11. The van der Waals surface area contributed by atoms with E-state index in [0.717, 1.165) is 6.54 Å². The first kappa shape index (κ1) is 12.8. The van der Waals surface area contributed by atoms with Crippen molar-refractivity contribution in [1.29, 1.82) is 5.41 Å². The van der Waals surface area contributed by atoms with Crippen LogP contribution in [0.15, 0.2) is 18.2 Å². The van der Waals surface area contributed by atoms with Crippen LogP contribution >= 0.6 is 0 Å². The Balaban J connectivity index is 1.78. The fraction of sp³-hybridized carbons (Fsp3) is 0.538. The molecule has 98 valence electrons. The SMILES string of the molecule is N=C(N)c1cccc(OCCN2CCCCC2)n1. The molecule has 1 aromatic heterocycles. The van der Waals surface area contributed by atoms with E-state index in [1.165, 1.54) is 32.4 Å². The lowest BCUT2D eigenvalue weighted by atomic mass is 10.1. The van der Waals surface area contributed by atoms with E-state index in [0.29, 0.717) is 18.2 Å². The molecule has 1 aliphatic heterocycles. The van der Waals surface area contributed by atoms with Crippen LogP contribution in [0.4, 0.5) is 0 Å². The maximum atomic E-state index is 7.32. The van der Waals surface area contributed by atoms with Crippen molar-refractivity contribution in [2.75, 3.05) is 26.2 Å². The van der Waals surface area contributed by atoms with Crippen molar-refractivity contribution in [2.45, 2.75) is 19.3 Å². The van der Waals surface area contributed by atoms with E-state index in [1.807, 2.05) is 0 Å². The average molecular weight is 248 g/mol. The van der Waals surface area contributed by atoms with E-state index in [9.17, 15) is 0 Å². The van der Waals surface area contributed by atoms with E-state index in [4.69, 9.17) is 15.9 Å². The van der Waals surface area contributed by atoms with Crippen LogP contribution in [0.25, 0.3) is 0 Å². The molecule has 1 aromatic rings. The highest BCUT2D eigenvalue weighted by Gasteiger charge is 2.09. The first-order valence-corrected chi connectivity index (χ1v) is 6.42. The molecule has 2 heterocycles. The number of aromatic nitrogens is 1. The van der Waals surface area contributed by atoms with Gasteiger partial charge in [-0.25, -0.2) is 4.98 Å². The van der Waals surface area contributed by atoms with Gasteiger partial charge in [-0.3, -0.25) is 10.3 Å². The number of piperidine rings is 1. The van der Waals surface area contributed by atoms with Crippen LogP contribution in [-0.2, 0) is 0 Å².